The van der Waals surface area contributed by atoms with Crippen LogP contribution in [0.4, 0.5) is 5.69 Å². The molecule has 8 heteroatoms. The van der Waals surface area contributed by atoms with Crippen LogP contribution < -0.4 is 15.2 Å². The van der Waals surface area contributed by atoms with Gasteiger partial charge in [0.1, 0.15) is 5.75 Å². The number of nitrogens with zero attached hydrogens (tertiary/aromatic N) is 5. The summed E-state index contributed by atoms with van der Waals surface area (Å²) in [6, 6.07) is 11.7. The Morgan fingerprint density at radius 2 is 1.85 bits per heavy atom. The Balaban J connectivity index is 1.68. The summed E-state index contributed by atoms with van der Waals surface area (Å²) in [7, 11) is 3.33. The third kappa shape index (κ3) is 4.42. The second kappa shape index (κ2) is 9.79. The topological polar surface area (TPSA) is 82.4 Å². The van der Waals surface area contributed by atoms with E-state index in [-0.39, 0.29) is 11.5 Å². The molecule has 0 atom stereocenters. The van der Waals surface area contributed by atoms with Crippen molar-refractivity contribution in [1.29, 1.82) is 0 Å². The Hall–Kier alpha value is -3.78. The van der Waals surface area contributed by atoms with Crippen LogP contribution in [-0.2, 0) is 4.74 Å². The molecule has 2 aromatic heterocycles. The maximum absolute atomic E-state index is 13.1. The molecule has 0 bridgehead atoms. The van der Waals surface area contributed by atoms with Gasteiger partial charge in [-0.3, -0.25) is 4.79 Å². The summed E-state index contributed by atoms with van der Waals surface area (Å²) in [5, 5.41) is 5.64. The Kier molecular flexibility index (Phi) is 6.65. The van der Waals surface area contributed by atoms with E-state index in [2.05, 4.69) is 26.9 Å². The van der Waals surface area contributed by atoms with Gasteiger partial charge in [-0.2, -0.15) is 9.78 Å². The van der Waals surface area contributed by atoms with Crippen LogP contribution in [0.15, 0.2) is 59.8 Å². The molecule has 33 heavy (non-hydrogen) atoms. The molecule has 8 nitrogen and oxygen atoms in total. The van der Waals surface area contributed by atoms with E-state index in [4.69, 9.17) is 9.47 Å². The third-order valence-corrected chi connectivity index (χ3v) is 5.73. The van der Waals surface area contributed by atoms with Gasteiger partial charge >= 0.3 is 0 Å². The highest BCUT2D eigenvalue weighted by molar-refractivity contribution is 5.87. The molecule has 0 N–H and O–H groups in total. The zero-order valence-electron chi connectivity index (χ0n) is 19.3. The van der Waals surface area contributed by atoms with Gasteiger partial charge in [-0.1, -0.05) is 18.2 Å². The molecular formula is C25H27N5O3. The zero-order valence-corrected chi connectivity index (χ0v) is 19.3. The van der Waals surface area contributed by atoms with Crippen LogP contribution in [0, 0.1) is 6.92 Å². The minimum absolute atomic E-state index is 0.237. The molecule has 170 valence electrons. The van der Waals surface area contributed by atoms with Gasteiger partial charge in [0, 0.05) is 25.6 Å². The highest BCUT2D eigenvalue weighted by Crippen LogP contribution is 2.31. The van der Waals surface area contributed by atoms with Crippen molar-refractivity contribution in [2.24, 2.45) is 0 Å². The van der Waals surface area contributed by atoms with E-state index >= 15 is 0 Å². The second-order valence-electron chi connectivity index (χ2n) is 7.61. The van der Waals surface area contributed by atoms with Crippen LogP contribution in [0.2, 0.25) is 0 Å². The monoisotopic (exact) mass is 445 g/mol. The number of rotatable bonds is 8. The summed E-state index contributed by atoms with van der Waals surface area (Å²) >= 11 is 0. The summed E-state index contributed by atoms with van der Waals surface area (Å²) in [4.78, 5) is 24.0. The lowest BCUT2D eigenvalue weighted by atomic mass is 9.98. The fourth-order valence-corrected chi connectivity index (χ4v) is 3.87. The summed E-state index contributed by atoms with van der Waals surface area (Å²) in [6.45, 7) is 6.22. The molecule has 0 spiro atoms. The lowest BCUT2D eigenvalue weighted by Crippen LogP contribution is -2.28. The number of hydrogen-bond acceptors (Lipinski definition) is 7. The van der Waals surface area contributed by atoms with Gasteiger partial charge in [-0.05, 0) is 48.7 Å². The number of likely N-dealkylation sites (N-methyl/N-ethyl adjacent to an activating group) is 1. The van der Waals surface area contributed by atoms with Gasteiger partial charge in [0.05, 0.1) is 43.4 Å². The number of fused-ring (bicyclic) bond motifs is 1. The average molecular weight is 446 g/mol. The maximum atomic E-state index is 13.1. The minimum atomic E-state index is -0.263. The Morgan fingerprint density at radius 1 is 1.06 bits per heavy atom. The van der Waals surface area contributed by atoms with E-state index in [9.17, 15) is 4.79 Å². The number of methoxy groups -OCH3 is 2. The van der Waals surface area contributed by atoms with E-state index in [1.54, 1.807) is 32.8 Å². The normalized spacial score (nSPS) is 11.0. The minimum Gasteiger partial charge on any atom is -0.496 e. The van der Waals surface area contributed by atoms with E-state index in [1.165, 1.54) is 4.68 Å². The molecule has 0 radical (unpaired) electrons. The number of ether oxygens (including phenoxy) is 2. The molecule has 0 aliphatic rings. The molecule has 0 aliphatic carbocycles. The molecular weight excluding hydrogens is 418 g/mol. The van der Waals surface area contributed by atoms with Crippen LogP contribution in [0.25, 0.3) is 27.8 Å². The molecule has 0 saturated heterocycles. The van der Waals surface area contributed by atoms with E-state index in [0.29, 0.717) is 12.0 Å². The van der Waals surface area contributed by atoms with Gasteiger partial charge < -0.3 is 14.4 Å². The predicted molar refractivity (Wildman–Crippen MR) is 129 cm³/mol. The molecule has 0 amide bonds. The number of anilines is 1. The number of aromatic nitrogens is 4. The Bertz CT molecular complexity index is 1320. The van der Waals surface area contributed by atoms with Crippen molar-refractivity contribution in [1.82, 2.24) is 19.7 Å². The molecule has 2 heterocycles. The van der Waals surface area contributed by atoms with Crippen molar-refractivity contribution in [3.05, 3.63) is 70.9 Å². The van der Waals surface area contributed by atoms with Crippen LogP contribution in [0.5, 0.6) is 5.75 Å². The molecule has 0 saturated carbocycles. The smallest absolute Gasteiger partial charge is 0.282 e. The van der Waals surface area contributed by atoms with Gasteiger partial charge in [-0.15, -0.1) is 0 Å². The zero-order chi connectivity index (χ0) is 23.4. The average Bonchev–Trinajstić information content (AvgIpc) is 2.85. The fourth-order valence-electron chi connectivity index (χ4n) is 3.87. The first-order valence-electron chi connectivity index (χ1n) is 10.8. The van der Waals surface area contributed by atoms with Gasteiger partial charge in [0.15, 0.2) is 0 Å². The summed E-state index contributed by atoms with van der Waals surface area (Å²) in [6.07, 6.45) is 5.08. The highest BCUT2D eigenvalue weighted by Gasteiger charge is 2.13. The Labute approximate surface area is 192 Å². The Morgan fingerprint density at radius 3 is 2.55 bits per heavy atom. The largest absolute Gasteiger partial charge is 0.496 e. The lowest BCUT2D eigenvalue weighted by molar-refractivity contribution is 0.205. The van der Waals surface area contributed by atoms with Gasteiger partial charge in [0.25, 0.3) is 11.5 Å². The van der Waals surface area contributed by atoms with Crippen molar-refractivity contribution >= 4 is 16.5 Å². The molecule has 0 aliphatic heterocycles. The van der Waals surface area contributed by atoms with Crippen molar-refractivity contribution in [3.63, 3.8) is 0 Å². The molecule has 2 aromatic carbocycles. The number of hydrogen-bond donors (Lipinski definition) is 0. The quantitative estimate of drug-likeness (QED) is 0.410. The van der Waals surface area contributed by atoms with Crippen LogP contribution in [0.3, 0.4) is 0 Å². The summed E-state index contributed by atoms with van der Waals surface area (Å²) in [5.74, 6) is 1.06. The van der Waals surface area contributed by atoms with Crippen LogP contribution in [0.1, 0.15) is 12.5 Å². The first-order valence-corrected chi connectivity index (χ1v) is 10.8. The first-order chi connectivity index (χ1) is 16.1. The predicted octanol–water partition coefficient (Wildman–Crippen LogP) is 3.63. The van der Waals surface area contributed by atoms with Crippen molar-refractivity contribution < 1.29 is 9.47 Å². The first kappa shape index (κ1) is 22.4. The maximum Gasteiger partial charge on any atom is 0.282 e. The van der Waals surface area contributed by atoms with Crippen LogP contribution in [-0.4, -0.2) is 53.7 Å². The van der Waals surface area contributed by atoms with Crippen molar-refractivity contribution in [2.75, 3.05) is 38.8 Å². The fraction of sp³-hybridized carbons (Fsp3) is 0.280. The van der Waals surface area contributed by atoms with Gasteiger partial charge in [0.2, 0.25) is 0 Å². The lowest BCUT2D eigenvalue weighted by Gasteiger charge is -2.21. The molecule has 4 rings (SSSR count). The van der Waals surface area contributed by atoms with Crippen molar-refractivity contribution in [3.8, 4) is 22.8 Å². The van der Waals surface area contributed by atoms with Gasteiger partial charge in [-0.25, -0.2) is 9.97 Å². The highest BCUT2D eigenvalue weighted by atomic mass is 16.5. The van der Waals surface area contributed by atoms with Crippen LogP contribution >= 0.6 is 0 Å². The van der Waals surface area contributed by atoms with Crippen molar-refractivity contribution in [2.45, 2.75) is 13.8 Å². The summed E-state index contributed by atoms with van der Waals surface area (Å²) < 4.78 is 11.8. The third-order valence-electron chi connectivity index (χ3n) is 5.73. The molecule has 0 fully saturated rings. The number of benzene rings is 2. The standard InChI is InChI=1S/C25H27N5O3/c1-5-29(11-12-32-3)20-15-26-25(27-16-20)30-24(31)22-10-9-18(13-19(22)14-28-30)21-7-6-8-23(33-4)17(21)2/h6-10,13-16H,5,11-12H2,1-4H3. The second-order valence-corrected chi connectivity index (χ2v) is 7.61. The SMILES string of the molecule is CCN(CCOC)c1cnc(-n2ncc3cc(-c4cccc(OC)c4C)ccc3c2=O)nc1. The molecule has 0 unspecified atom stereocenters. The molecule has 4 aromatic rings. The van der Waals surface area contributed by atoms with E-state index in [1.807, 2.05) is 43.3 Å². The van der Waals surface area contributed by atoms with E-state index < -0.39 is 0 Å². The van der Waals surface area contributed by atoms with E-state index in [0.717, 1.165) is 46.6 Å². The summed E-state index contributed by atoms with van der Waals surface area (Å²) in [5.41, 5.74) is 3.69.